The van der Waals surface area contributed by atoms with Gasteiger partial charge < -0.3 is 19.8 Å². The van der Waals surface area contributed by atoms with Crippen LogP contribution in [0.15, 0.2) is 59.3 Å². The highest BCUT2D eigenvalue weighted by molar-refractivity contribution is 5.99. The largest absolute Gasteiger partial charge is 0.492 e. The highest BCUT2D eigenvalue weighted by Gasteiger charge is 2.19. The number of carbonyl (C=O) groups is 1. The van der Waals surface area contributed by atoms with E-state index in [0.717, 1.165) is 5.75 Å². The first-order valence-corrected chi connectivity index (χ1v) is 8.69. The topological polar surface area (TPSA) is 107 Å². The van der Waals surface area contributed by atoms with Gasteiger partial charge >= 0.3 is 0 Å². The predicted octanol–water partition coefficient (Wildman–Crippen LogP) is 2.23. The summed E-state index contributed by atoms with van der Waals surface area (Å²) in [5.41, 5.74) is 0.691. The van der Waals surface area contributed by atoms with E-state index in [0.29, 0.717) is 41.9 Å². The second-order valence-electron chi connectivity index (χ2n) is 5.81. The number of furan rings is 1. The van der Waals surface area contributed by atoms with Gasteiger partial charge in [0.25, 0.3) is 5.91 Å². The lowest BCUT2D eigenvalue weighted by Crippen LogP contribution is -2.29. The highest BCUT2D eigenvalue weighted by atomic mass is 16.5. The van der Waals surface area contributed by atoms with Gasteiger partial charge in [-0.2, -0.15) is 4.52 Å². The molecule has 142 valence electrons. The summed E-state index contributed by atoms with van der Waals surface area (Å²) in [4.78, 5) is 21.3. The van der Waals surface area contributed by atoms with E-state index in [9.17, 15) is 4.79 Å². The summed E-state index contributed by atoms with van der Waals surface area (Å²) in [6.45, 7) is 0.686. The van der Waals surface area contributed by atoms with Gasteiger partial charge in [-0.15, -0.1) is 5.10 Å². The lowest BCUT2D eigenvalue weighted by molar-refractivity contribution is 0.0947. The minimum absolute atomic E-state index is 0.309. The van der Waals surface area contributed by atoms with E-state index in [2.05, 4.69) is 25.7 Å². The Morgan fingerprint density at radius 3 is 2.82 bits per heavy atom. The Labute approximate surface area is 160 Å². The third-order valence-electron chi connectivity index (χ3n) is 3.97. The molecule has 0 aliphatic carbocycles. The van der Waals surface area contributed by atoms with E-state index in [-0.39, 0.29) is 5.91 Å². The molecule has 0 saturated carbocycles. The number of nitrogens with zero attached hydrogens (tertiary/aromatic N) is 4. The minimum Gasteiger partial charge on any atom is -0.492 e. The zero-order valence-corrected chi connectivity index (χ0v) is 15.1. The van der Waals surface area contributed by atoms with Crippen LogP contribution in [0.25, 0.3) is 17.2 Å². The number of rotatable bonds is 7. The predicted molar refractivity (Wildman–Crippen MR) is 102 cm³/mol. The van der Waals surface area contributed by atoms with Crippen LogP contribution in [0.2, 0.25) is 0 Å². The van der Waals surface area contributed by atoms with Crippen LogP contribution in [0.3, 0.4) is 0 Å². The van der Waals surface area contributed by atoms with E-state index in [4.69, 9.17) is 9.15 Å². The van der Waals surface area contributed by atoms with Crippen LogP contribution in [0.1, 0.15) is 10.4 Å². The molecular formula is C19H18N6O3. The van der Waals surface area contributed by atoms with E-state index in [1.54, 1.807) is 25.4 Å². The molecule has 3 aromatic heterocycles. The summed E-state index contributed by atoms with van der Waals surface area (Å²) in [6.07, 6.45) is 3.01. The SMILES string of the molecule is CNc1ncc(C(=O)NCCOc2ccccc2)c2nc(-c3ccco3)nn12. The monoisotopic (exact) mass is 378 g/mol. The first-order valence-electron chi connectivity index (χ1n) is 8.69. The number of carbonyl (C=O) groups excluding carboxylic acids is 1. The third-order valence-corrected chi connectivity index (χ3v) is 3.97. The molecule has 4 aromatic rings. The smallest absolute Gasteiger partial charge is 0.256 e. The Kier molecular flexibility index (Phi) is 4.87. The fourth-order valence-electron chi connectivity index (χ4n) is 2.66. The lowest BCUT2D eigenvalue weighted by Gasteiger charge is -2.09. The van der Waals surface area contributed by atoms with E-state index in [1.165, 1.54) is 10.7 Å². The highest BCUT2D eigenvalue weighted by Crippen LogP contribution is 2.20. The van der Waals surface area contributed by atoms with Crippen molar-refractivity contribution in [3.63, 3.8) is 0 Å². The van der Waals surface area contributed by atoms with Crippen LogP contribution in [-0.4, -0.2) is 45.7 Å². The molecule has 0 unspecified atom stereocenters. The Bertz CT molecular complexity index is 1080. The average Bonchev–Trinajstić information content (AvgIpc) is 3.40. The maximum absolute atomic E-state index is 12.6. The molecular weight excluding hydrogens is 360 g/mol. The lowest BCUT2D eigenvalue weighted by atomic mass is 10.3. The molecule has 28 heavy (non-hydrogen) atoms. The van der Waals surface area contributed by atoms with Crippen LogP contribution in [-0.2, 0) is 0 Å². The molecule has 0 aliphatic heterocycles. The molecule has 1 aromatic carbocycles. The van der Waals surface area contributed by atoms with Gasteiger partial charge in [0.05, 0.1) is 12.8 Å². The van der Waals surface area contributed by atoms with Gasteiger partial charge in [0.2, 0.25) is 11.8 Å². The van der Waals surface area contributed by atoms with Crippen LogP contribution in [0, 0.1) is 0 Å². The van der Waals surface area contributed by atoms with Crippen molar-refractivity contribution in [2.24, 2.45) is 0 Å². The summed E-state index contributed by atoms with van der Waals surface area (Å²) in [5, 5.41) is 10.1. The van der Waals surface area contributed by atoms with Crippen LogP contribution in [0.5, 0.6) is 5.75 Å². The molecule has 9 heteroatoms. The van der Waals surface area contributed by atoms with Crippen molar-refractivity contribution in [2.45, 2.75) is 0 Å². The Hall–Kier alpha value is -3.88. The fraction of sp³-hybridized carbons (Fsp3) is 0.158. The second-order valence-corrected chi connectivity index (χ2v) is 5.81. The molecule has 0 saturated heterocycles. The van der Waals surface area contributed by atoms with Crippen molar-refractivity contribution in [3.8, 4) is 17.3 Å². The van der Waals surface area contributed by atoms with E-state index < -0.39 is 0 Å². The fourth-order valence-corrected chi connectivity index (χ4v) is 2.66. The maximum Gasteiger partial charge on any atom is 0.256 e. The molecule has 0 bridgehead atoms. The second kappa shape index (κ2) is 7.78. The van der Waals surface area contributed by atoms with Gasteiger partial charge in [-0.05, 0) is 24.3 Å². The summed E-state index contributed by atoms with van der Waals surface area (Å²) < 4.78 is 12.4. The van der Waals surface area contributed by atoms with Gasteiger partial charge in [-0.25, -0.2) is 9.97 Å². The quantitative estimate of drug-likeness (QED) is 0.475. The van der Waals surface area contributed by atoms with Crippen molar-refractivity contribution in [2.75, 3.05) is 25.5 Å². The summed E-state index contributed by atoms with van der Waals surface area (Å²) >= 11 is 0. The zero-order valence-electron chi connectivity index (χ0n) is 15.1. The number of anilines is 1. The van der Waals surface area contributed by atoms with Crippen molar-refractivity contribution in [1.29, 1.82) is 0 Å². The van der Waals surface area contributed by atoms with Gasteiger partial charge in [0.1, 0.15) is 17.9 Å². The number of nitrogens with one attached hydrogen (secondary N) is 2. The molecule has 4 rings (SSSR count). The normalized spacial score (nSPS) is 10.8. The van der Waals surface area contributed by atoms with Gasteiger partial charge in [-0.1, -0.05) is 18.2 Å². The van der Waals surface area contributed by atoms with E-state index in [1.807, 2.05) is 30.3 Å². The van der Waals surface area contributed by atoms with Crippen LogP contribution in [0.4, 0.5) is 5.95 Å². The molecule has 1 amide bonds. The Balaban J connectivity index is 1.51. The van der Waals surface area contributed by atoms with Crippen LogP contribution >= 0.6 is 0 Å². The number of ether oxygens (including phenoxy) is 1. The molecule has 9 nitrogen and oxygen atoms in total. The summed E-state index contributed by atoms with van der Waals surface area (Å²) in [5.74, 6) is 1.78. The van der Waals surface area contributed by atoms with Crippen molar-refractivity contribution in [1.82, 2.24) is 24.9 Å². The molecule has 0 spiro atoms. The number of fused-ring (bicyclic) bond motifs is 1. The third kappa shape index (κ3) is 3.50. The Morgan fingerprint density at radius 2 is 2.07 bits per heavy atom. The zero-order chi connectivity index (χ0) is 19.3. The summed E-state index contributed by atoms with van der Waals surface area (Å²) in [7, 11) is 1.72. The standard InChI is InChI=1S/C19H18N6O3/c1-20-19-22-12-14(17-23-16(24-25(17)19)15-8-5-10-28-15)18(26)21-9-11-27-13-6-3-2-4-7-13/h2-8,10,12H,9,11H2,1H3,(H,20,22)(H,21,26). The summed E-state index contributed by atoms with van der Waals surface area (Å²) in [6, 6.07) is 12.9. The molecule has 3 heterocycles. The number of amides is 1. The van der Waals surface area contributed by atoms with Gasteiger partial charge in [0, 0.05) is 13.2 Å². The number of hydrogen-bond acceptors (Lipinski definition) is 7. The van der Waals surface area contributed by atoms with Crippen molar-refractivity contribution < 1.29 is 13.9 Å². The Morgan fingerprint density at radius 1 is 1.21 bits per heavy atom. The number of hydrogen-bond donors (Lipinski definition) is 2. The first-order chi connectivity index (χ1) is 13.8. The number of aromatic nitrogens is 4. The first kappa shape index (κ1) is 17.5. The van der Waals surface area contributed by atoms with Crippen molar-refractivity contribution >= 4 is 17.5 Å². The van der Waals surface area contributed by atoms with Crippen LogP contribution < -0.4 is 15.4 Å². The molecule has 0 aliphatic rings. The van der Waals surface area contributed by atoms with E-state index >= 15 is 0 Å². The van der Waals surface area contributed by atoms with Crippen molar-refractivity contribution in [3.05, 3.63) is 60.5 Å². The molecule has 0 radical (unpaired) electrons. The molecule has 0 fully saturated rings. The van der Waals surface area contributed by atoms with Gasteiger partial charge in [-0.3, -0.25) is 4.79 Å². The average molecular weight is 378 g/mol. The number of benzene rings is 1. The maximum atomic E-state index is 12.6. The molecule has 0 atom stereocenters. The van der Waals surface area contributed by atoms with Gasteiger partial charge in [0.15, 0.2) is 11.4 Å². The minimum atomic E-state index is -0.310. The molecule has 2 N–H and O–H groups in total. The number of para-hydroxylation sites is 1.